The highest BCUT2D eigenvalue weighted by molar-refractivity contribution is 5.86. The minimum Gasteiger partial charge on any atom is -0.478 e. The van der Waals surface area contributed by atoms with Crippen molar-refractivity contribution in [2.45, 2.75) is 13.0 Å². The molecule has 0 bridgehead atoms. The summed E-state index contributed by atoms with van der Waals surface area (Å²) < 4.78 is 9.03. The summed E-state index contributed by atoms with van der Waals surface area (Å²) in [6, 6.07) is 0. The van der Waals surface area contributed by atoms with E-state index in [9.17, 15) is 9.59 Å². The third-order valence-electron chi connectivity index (χ3n) is 1.39. The van der Waals surface area contributed by atoms with Gasteiger partial charge in [-0.3, -0.25) is 0 Å². The van der Waals surface area contributed by atoms with E-state index in [1.165, 1.54) is 13.0 Å². The predicted octanol–water partition coefficient (Wildman–Crippen LogP) is 0.553. The van der Waals surface area contributed by atoms with Crippen molar-refractivity contribution in [3.8, 4) is 0 Å². The van der Waals surface area contributed by atoms with Crippen molar-refractivity contribution < 1.29 is 24.2 Å². The van der Waals surface area contributed by atoms with Gasteiger partial charge in [0.1, 0.15) is 6.61 Å². The molecule has 1 aliphatic rings. The summed E-state index contributed by atoms with van der Waals surface area (Å²) in [5.74, 6) is -1.03. The first-order chi connectivity index (χ1) is 5.59. The number of ether oxygens (including phenoxy) is 2. The largest absolute Gasteiger partial charge is 0.509 e. The zero-order chi connectivity index (χ0) is 9.14. The lowest BCUT2D eigenvalue weighted by Crippen LogP contribution is -2.09. The Hall–Kier alpha value is -1.52. The molecule has 1 unspecified atom stereocenters. The number of cyclic esters (lactones) is 2. The van der Waals surface area contributed by atoms with Gasteiger partial charge in [-0.15, -0.1) is 0 Å². The van der Waals surface area contributed by atoms with Gasteiger partial charge in [0.05, 0.1) is 0 Å². The summed E-state index contributed by atoms with van der Waals surface area (Å²) in [6.07, 6.45) is 0.0239. The van der Waals surface area contributed by atoms with Crippen molar-refractivity contribution in [3.63, 3.8) is 0 Å². The van der Waals surface area contributed by atoms with E-state index in [-0.39, 0.29) is 12.2 Å². The molecule has 1 N–H and O–H groups in total. The molecule has 1 saturated heterocycles. The second-order valence-electron chi connectivity index (χ2n) is 2.37. The van der Waals surface area contributed by atoms with E-state index in [1.54, 1.807) is 0 Å². The van der Waals surface area contributed by atoms with E-state index in [2.05, 4.69) is 9.47 Å². The maximum absolute atomic E-state index is 10.4. The molecule has 66 valence electrons. The zero-order valence-electron chi connectivity index (χ0n) is 6.44. The molecule has 5 nitrogen and oxygen atoms in total. The van der Waals surface area contributed by atoms with E-state index in [0.717, 1.165) is 0 Å². The van der Waals surface area contributed by atoms with Gasteiger partial charge in [0, 0.05) is 5.57 Å². The van der Waals surface area contributed by atoms with Crippen LogP contribution < -0.4 is 0 Å². The first-order valence-corrected chi connectivity index (χ1v) is 3.34. The minimum atomic E-state index is -1.03. The lowest BCUT2D eigenvalue weighted by atomic mass is 10.2. The number of carboxylic acid groups (broad SMARTS) is 1. The van der Waals surface area contributed by atoms with Crippen molar-refractivity contribution >= 4 is 12.1 Å². The molecule has 1 aliphatic heterocycles. The molecule has 0 aromatic rings. The summed E-state index contributed by atoms with van der Waals surface area (Å²) in [5.41, 5.74) is 0.137. The molecule has 0 aromatic heterocycles. The number of hydrogen-bond acceptors (Lipinski definition) is 4. The SMILES string of the molecule is CC(=CC1COC(=O)O1)C(=O)O. The standard InChI is InChI=1S/C7H8O5/c1-4(6(8)9)2-5-3-11-7(10)12-5/h2,5H,3H2,1H3,(H,8,9). The van der Waals surface area contributed by atoms with Gasteiger partial charge in [-0.05, 0) is 13.0 Å². The average Bonchev–Trinajstić information content (AvgIpc) is 2.35. The number of hydrogen-bond donors (Lipinski definition) is 1. The van der Waals surface area contributed by atoms with Crippen molar-refractivity contribution in [2.24, 2.45) is 0 Å². The molecule has 0 aromatic carbocycles. The Morgan fingerprint density at radius 2 is 2.42 bits per heavy atom. The fraction of sp³-hybridized carbons (Fsp3) is 0.429. The van der Waals surface area contributed by atoms with Crippen LogP contribution in [0.25, 0.3) is 0 Å². The summed E-state index contributed by atoms with van der Waals surface area (Å²) in [4.78, 5) is 20.7. The quantitative estimate of drug-likeness (QED) is 0.486. The zero-order valence-corrected chi connectivity index (χ0v) is 6.44. The molecule has 0 radical (unpaired) electrons. The molecule has 0 saturated carbocycles. The molecule has 0 aliphatic carbocycles. The van der Waals surface area contributed by atoms with E-state index < -0.39 is 18.2 Å². The Labute approximate surface area is 68.6 Å². The van der Waals surface area contributed by atoms with Crippen LogP contribution >= 0.6 is 0 Å². The van der Waals surface area contributed by atoms with Crippen LogP contribution in [0.2, 0.25) is 0 Å². The second kappa shape index (κ2) is 3.25. The van der Waals surface area contributed by atoms with Crippen molar-refractivity contribution in [2.75, 3.05) is 6.61 Å². The lowest BCUT2D eigenvalue weighted by Gasteiger charge is -1.98. The Balaban J connectivity index is 2.56. The Bertz CT molecular complexity index is 242. The summed E-state index contributed by atoms with van der Waals surface area (Å²) in [7, 11) is 0. The van der Waals surface area contributed by atoms with Gasteiger partial charge in [-0.1, -0.05) is 0 Å². The summed E-state index contributed by atoms with van der Waals surface area (Å²) >= 11 is 0. The van der Waals surface area contributed by atoms with Gasteiger partial charge in [-0.2, -0.15) is 0 Å². The summed E-state index contributed by atoms with van der Waals surface area (Å²) in [6.45, 7) is 1.51. The molecule has 1 heterocycles. The van der Waals surface area contributed by atoms with Crippen LogP contribution in [0.4, 0.5) is 4.79 Å². The lowest BCUT2D eigenvalue weighted by molar-refractivity contribution is -0.132. The Morgan fingerprint density at radius 1 is 1.75 bits per heavy atom. The normalized spacial score (nSPS) is 23.2. The van der Waals surface area contributed by atoms with Crippen LogP contribution in [0.1, 0.15) is 6.92 Å². The van der Waals surface area contributed by atoms with Crippen LogP contribution in [-0.2, 0) is 14.3 Å². The van der Waals surface area contributed by atoms with Crippen LogP contribution in [0.15, 0.2) is 11.6 Å². The average molecular weight is 172 g/mol. The fourth-order valence-corrected chi connectivity index (χ4v) is 0.774. The van der Waals surface area contributed by atoms with Gasteiger partial charge in [0.2, 0.25) is 0 Å². The number of carbonyl (C=O) groups is 2. The fourth-order valence-electron chi connectivity index (χ4n) is 0.774. The van der Waals surface area contributed by atoms with E-state index in [1.807, 2.05) is 0 Å². The smallest absolute Gasteiger partial charge is 0.478 e. The molecule has 5 heteroatoms. The third kappa shape index (κ3) is 1.98. The highest BCUT2D eigenvalue weighted by Crippen LogP contribution is 2.09. The topological polar surface area (TPSA) is 72.8 Å². The summed E-state index contributed by atoms with van der Waals surface area (Å²) in [5, 5.41) is 8.46. The molecule has 0 amide bonds. The second-order valence-corrected chi connectivity index (χ2v) is 2.37. The molecule has 1 fully saturated rings. The van der Waals surface area contributed by atoms with Gasteiger partial charge >= 0.3 is 12.1 Å². The molecule has 1 rings (SSSR count). The van der Waals surface area contributed by atoms with Crippen LogP contribution in [0, 0.1) is 0 Å². The Kier molecular flexibility index (Phi) is 2.32. The molecule has 12 heavy (non-hydrogen) atoms. The number of aliphatic carboxylic acids is 1. The molecular weight excluding hydrogens is 164 g/mol. The van der Waals surface area contributed by atoms with Crippen molar-refractivity contribution in [1.82, 2.24) is 0 Å². The van der Waals surface area contributed by atoms with E-state index in [4.69, 9.17) is 5.11 Å². The van der Waals surface area contributed by atoms with Gasteiger partial charge in [0.15, 0.2) is 6.10 Å². The van der Waals surface area contributed by atoms with Crippen LogP contribution in [0.5, 0.6) is 0 Å². The van der Waals surface area contributed by atoms with E-state index >= 15 is 0 Å². The Morgan fingerprint density at radius 3 is 2.83 bits per heavy atom. The maximum atomic E-state index is 10.4. The van der Waals surface area contributed by atoms with Crippen LogP contribution in [-0.4, -0.2) is 29.9 Å². The number of rotatable bonds is 2. The number of carbonyl (C=O) groups excluding carboxylic acids is 1. The monoisotopic (exact) mass is 172 g/mol. The highest BCUT2D eigenvalue weighted by Gasteiger charge is 2.23. The maximum Gasteiger partial charge on any atom is 0.509 e. The first-order valence-electron chi connectivity index (χ1n) is 3.34. The highest BCUT2D eigenvalue weighted by atomic mass is 16.8. The van der Waals surface area contributed by atoms with Crippen LogP contribution in [0.3, 0.4) is 0 Å². The predicted molar refractivity (Wildman–Crippen MR) is 37.6 cm³/mol. The first kappa shape index (κ1) is 8.58. The van der Waals surface area contributed by atoms with Crippen molar-refractivity contribution in [1.29, 1.82) is 0 Å². The minimum absolute atomic E-state index is 0.0868. The van der Waals surface area contributed by atoms with Gasteiger partial charge < -0.3 is 14.6 Å². The van der Waals surface area contributed by atoms with Gasteiger partial charge in [0.25, 0.3) is 0 Å². The molecule has 1 atom stereocenters. The molecular formula is C7H8O5. The van der Waals surface area contributed by atoms with Crippen molar-refractivity contribution in [3.05, 3.63) is 11.6 Å². The number of carboxylic acids is 1. The molecule has 0 spiro atoms. The van der Waals surface area contributed by atoms with Gasteiger partial charge in [-0.25, -0.2) is 9.59 Å². The third-order valence-corrected chi connectivity index (χ3v) is 1.39. The van der Waals surface area contributed by atoms with E-state index in [0.29, 0.717) is 0 Å².